The van der Waals surface area contributed by atoms with Crippen LogP contribution in [0.1, 0.15) is 43.5 Å². The summed E-state index contributed by atoms with van der Waals surface area (Å²) >= 11 is 5.91. The highest BCUT2D eigenvalue weighted by atomic mass is 35.5. The molecule has 1 aromatic carbocycles. The van der Waals surface area contributed by atoms with Gasteiger partial charge in [-0.15, -0.1) is 0 Å². The van der Waals surface area contributed by atoms with Crippen LogP contribution in [-0.4, -0.2) is 29.7 Å². The molecule has 0 N–H and O–H groups in total. The molecule has 1 aliphatic rings. The molecule has 114 valence electrons. The van der Waals surface area contributed by atoms with Crippen LogP contribution < -0.4 is 0 Å². The Labute approximate surface area is 131 Å². The normalized spacial score (nSPS) is 19.7. The molecule has 0 saturated carbocycles. The summed E-state index contributed by atoms with van der Waals surface area (Å²) in [6.45, 7) is 5.22. The molecular weight excluding hydrogens is 286 g/mol. The summed E-state index contributed by atoms with van der Waals surface area (Å²) in [6.07, 6.45) is 2.45. The van der Waals surface area contributed by atoms with Gasteiger partial charge < -0.3 is 4.90 Å². The lowest BCUT2D eigenvalue weighted by molar-refractivity contribution is -0.130. The highest BCUT2D eigenvalue weighted by Gasteiger charge is 2.25. The first kappa shape index (κ1) is 16.0. The number of rotatable bonds is 4. The predicted octanol–water partition coefficient (Wildman–Crippen LogP) is 3.81. The third-order valence-corrected chi connectivity index (χ3v) is 4.51. The first-order valence-electron chi connectivity index (χ1n) is 7.54. The van der Waals surface area contributed by atoms with E-state index in [4.69, 9.17) is 11.6 Å². The van der Waals surface area contributed by atoms with Crippen LogP contribution >= 0.6 is 11.6 Å². The van der Waals surface area contributed by atoms with Crippen molar-refractivity contribution in [2.24, 2.45) is 11.8 Å². The molecule has 1 unspecified atom stereocenters. The Bertz CT molecular complexity index is 527. The molecule has 0 spiro atoms. The van der Waals surface area contributed by atoms with Crippen molar-refractivity contribution in [1.29, 1.82) is 0 Å². The minimum Gasteiger partial charge on any atom is -0.335 e. The van der Waals surface area contributed by atoms with E-state index in [1.807, 2.05) is 0 Å². The monoisotopic (exact) mass is 307 g/mol. The van der Waals surface area contributed by atoms with Crippen molar-refractivity contribution in [2.75, 3.05) is 13.1 Å². The van der Waals surface area contributed by atoms with Crippen LogP contribution in [0.3, 0.4) is 0 Å². The summed E-state index contributed by atoms with van der Waals surface area (Å²) < 4.78 is 0. The van der Waals surface area contributed by atoms with Crippen LogP contribution in [0, 0.1) is 11.8 Å². The summed E-state index contributed by atoms with van der Waals surface area (Å²) in [6, 6.07) is 6.90. The highest BCUT2D eigenvalue weighted by Crippen LogP contribution is 2.25. The fourth-order valence-electron chi connectivity index (χ4n) is 2.82. The van der Waals surface area contributed by atoms with Crippen LogP contribution in [-0.2, 0) is 4.79 Å². The molecule has 1 aliphatic heterocycles. The maximum atomic E-state index is 12.3. The van der Waals surface area contributed by atoms with Gasteiger partial charge in [-0.3, -0.25) is 9.59 Å². The van der Waals surface area contributed by atoms with Crippen molar-refractivity contribution in [1.82, 2.24) is 4.90 Å². The van der Waals surface area contributed by atoms with E-state index in [0.717, 1.165) is 12.8 Å². The number of carbonyl (C=O) groups excluding carboxylic acids is 2. The molecule has 1 saturated heterocycles. The zero-order valence-corrected chi connectivity index (χ0v) is 13.4. The third-order valence-electron chi connectivity index (χ3n) is 4.28. The van der Waals surface area contributed by atoms with Gasteiger partial charge in [0.1, 0.15) is 0 Å². The minimum atomic E-state index is -0.0474. The largest absolute Gasteiger partial charge is 0.335 e. The predicted molar refractivity (Wildman–Crippen MR) is 84.5 cm³/mol. The molecule has 1 aromatic rings. The van der Waals surface area contributed by atoms with E-state index in [0.29, 0.717) is 35.4 Å². The number of likely N-dealkylation sites (tertiary alicyclic amines) is 1. The maximum absolute atomic E-state index is 12.3. The second-order valence-corrected chi connectivity index (χ2v) is 6.52. The molecule has 21 heavy (non-hydrogen) atoms. The van der Waals surface area contributed by atoms with E-state index >= 15 is 0 Å². The van der Waals surface area contributed by atoms with E-state index in [9.17, 15) is 9.59 Å². The van der Waals surface area contributed by atoms with Crippen molar-refractivity contribution >= 4 is 23.3 Å². The van der Waals surface area contributed by atoms with Crippen LogP contribution in [0.4, 0.5) is 0 Å². The molecule has 0 radical (unpaired) electrons. The number of hydrogen-bond donors (Lipinski definition) is 0. The van der Waals surface area contributed by atoms with Gasteiger partial charge in [0.05, 0.1) is 6.54 Å². The lowest BCUT2D eigenvalue weighted by Crippen LogP contribution is -2.35. The van der Waals surface area contributed by atoms with Gasteiger partial charge in [-0.25, -0.2) is 0 Å². The Morgan fingerprint density at radius 1 is 1.38 bits per heavy atom. The average molecular weight is 308 g/mol. The molecule has 0 aromatic heterocycles. The number of Topliss-reactive ketones (excluding diaryl/α,β-unsaturated/α-hetero) is 1. The first-order chi connectivity index (χ1) is 9.97. The van der Waals surface area contributed by atoms with Gasteiger partial charge >= 0.3 is 0 Å². The van der Waals surface area contributed by atoms with Gasteiger partial charge in [-0.1, -0.05) is 37.6 Å². The zero-order chi connectivity index (χ0) is 15.4. The second kappa shape index (κ2) is 7.08. The molecule has 2 rings (SSSR count). The van der Waals surface area contributed by atoms with Crippen LogP contribution in [0.5, 0.6) is 0 Å². The molecular formula is C17H22ClNO2. The SMILES string of the molecule is CC(C)C1CCC(=O)N(CC(=O)c2cccc(Cl)c2)CC1. The molecule has 0 aliphatic carbocycles. The Hall–Kier alpha value is -1.35. The van der Waals surface area contributed by atoms with E-state index in [1.54, 1.807) is 29.2 Å². The van der Waals surface area contributed by atoms with Gasteiger partial charge in [0, 0.05) is 23.6 Å². The Balaban J connectivity index is 2.01. The lowest BCUT2D eigenvalue weighted by atomic mass is 9.89. The quantitative estimate of drug-likeness (QED) is 0.793. The van der Waals surface area contributed by atoms with Gasteiger partial charge in [-0.05, 0) is 36.8 Å². The molecule has 4 heteroatoms. The Morgan fingerprint density at radius 3 is 2.81 bits per heavy atom. The fraction of sp³-hybridized carbons (Fsp3) is 0.529. The number of ketones is 1. The van der Waals surface area contributed by atoms with Crippen molar-refractivity contribution in [3.05, 3.63) is 34.9 Å². The van der Waals surface area contributed by atoms with Gasteiger partial charge in [0.25, 0.3) is 0 Å². The fourth-order valence-corrected chi connectivity index (χ4v) is 3.01. The molecule has 1 atom stereocenters. The van der Waals surface area contributed by atoms with Crippen molar-refractivity contribution in [3.8, 4) is 0 Å². The van der Waals surface area contributed by atoms with Crippen molar-refractivity contribution in [2.45, 2.75) is 33.1 Å². The molecule has 0 bridgehead atoms. The van der Waals surface area contributed by atoms with Crippen molar-refractivity contribution < 1.29 is 9.59 Å². The lowest BCUT2D eigenvalue weighted by Gasteiger charge is -2.21. The van der Waals surface area contributed by atoms with Crippen LogP contribution in [0.25, 0.3) is 0 Å². The number of carbonyl (C=O) groups is 2. The number of amides is 1. The zero-order valence-electron chi connectivity index (χ0n) is 12.6. The smallest absolute Gasteiger partial charge is 0.222 e. The topological polar surface area (TPSA) is 37.4 Å². The maximum Gasteiger partial charge on any atom is 0.222 e. The van der Waals surface area contributed by atoms with Gasteiger partial charge in [0.2, 0.25) is 5.91 Å². The average Bonchev–Trinajstić information content (AvgIpc) is 2.62. The molecule has 3 nitrogen and oxygen atoms in total. The highest BCUT2D eigenvalue weighted by molar-refractivity contribution is 6.31. The minimum absolute atomic E-state index is 0.0474. The summed E-state index contributed by atoms with van der Waals surface area (Å²) in [4.78, 5) is 26.1. The third kappa shape index (κ3) is 4.31. The molecule has 1 amide bonds. The van der Waals surface area contributed by atoms with E-state index in [-0.39, 0.29) is 18.2 Å². The number of benzene rings is 1. The van der Waals surface area contributed by atoms with E-state index < -0.39 is 0 Å². The summed E-state index contributed by atoms with van der Waals surface area (Å²) in [5.74, 6) is 1.20. The standard InChI is InChI=1S/C17H22ClNO2/c1-12(2)13-6-7-17(21)19(9-8-13)11-16(20)14-4-3-5-15(18)10-14/h3-5,10,12-13H,6-9,11H2,1-2H3. The van der Waals surface area contributed by atoms with Crippen LogP contribution in [0.2, 0.25) is 5.02 Å². The number of hydrogen-bond acceptors (Lipinski definition) is 2. The molecule has 1 fully saturated rings. The number of halogens is 1. The van der Waals surface area contributed by atoms with Gasteiger partial charge in [-0.2, -0.15) is 0 Å². The number of nitrogens with zero attached hydrogens (tertiary/aromatic N) is 1. The summed E-state index contributed by atoms with van der Waals surface area (Å²) in [5, 5.41) is 0.544. The van der Waals surface area contributed by atoms with E-state index in [2.05, 4.69) is 13.8 Å². The van der Waals surface area contributed by atoms with Crippen molar-refractivity contribution in [3.63, 3.8) is 0 Å². The van der Waals surface area contributed by atoms with E-state index in [1.165, 1.54) is 0 Å². The Kier molecular flexibility index (Phi) is 5.40. The second-order valence-electron chi connectivity index (χ2n) is 6.08. The Morgan fingerprint density at radius 2 is 2.14 bits per heavy atom. The first-order valence-corrected chi connectivity index (χ1v) is 7.91. The van der Waals surface area contributed by atoms with Crippen LogP contribution in [0.15, 0.2) is 24.3 Å². The summed E-state index contributed by atoms with van der Waals surface area (Å²) in [7, 11) is 0. The summed E-state index contributed by atoms with van der Waals surface area (Å²) in [5.41, 5.74) is 0.569. The molecule has 1 heterocycles. The van der Waals surface area contributed by atoms with Gasteiger partial charge in [0.15, 0.2) is 5.78 Å².